The lowest BCUT2D eigenvalue weighted by Crippen LogP contribution is -2.33. The van der Waals surface area contributed by atoms with Crippen molar-refractivity contribution in [3.63, 3.8) is 0 Å². The third-order valence-corrected chi connectivity index (χ3v) is 8.36. The number of carbonyl (C=O) groups excluding carboxylic acids is 1. The van der Waals surface area contributed by atoms with Crippen LogP contribution in [0.3, 0.4) is 0 Å². The highest BCUT2D eigenvalue weighted by Crippen LogP contribution is 2.43. The highest BCUT2D eigenvalue weighted by molar-refractivity contribution is 5.94. The molecule has 2 atom stereocenters. The van der Waals surface area contributed by atoms with E-state index in [0.29, 0.717) is 26.1 Å². The van der Waals surface area contributed by atoms with Crippen molar-refractivity contribution >= 4 is 11.6 Å². The molecule has 44 heavy (non-hydrogen) atoms. The summed E-state index contributed by atoms with van der Waals surface area (Å²) < 4.78 is 31.7. The van der Waals surface area contributed by atoms with Crippen LogP contribution >= 0.6 is 0 Å². The van der Waals surface area contributed by atoms with Gasteiger partial charge in [-0.15, -0.1) is 0 Å². The topological polar surface area (TPSA) is 60.0 Å². The van der Waals surface area contributed by atoms with Gasteiger partial charge in [0.1, 0.15) is 24.8 Å². The maximum atomic E-state index is 14.2. The minimum absolute atomic E-state index is 0.0626. The monoisotopic (exact) mass is 604 g/mol. The van der Waals surface area contributed by atoms with E-state index in [2.05, 4.69) is 41.4 Å². The van der Waals surface area contributed by atoms with Gasteiger partial charge in [0.05, 0.1) is 13.2 Å². The Morgan fingerprint density at radius 3 is 2.23 bits per heavy atom. The number of amides is 1. The summed E-state index contributed by atoms with van der Waals surface area (Å²) in [5.74, 6) is 2.31. The zero-order valence-corrected chi connectivity index (χ0v) is 27.1. The van der Waals surface area contributed by atoms with Crippen LogP contribution in [0.1, 0.15) is 94.5 Å². The maximum Gasteiger partial charge on any atom is 0.238 e. The fraction of sp³-hybridized carbons (Fsp3) is 0.486. The molecule has 0 bridgehead atoms. The van der Waals surface area contributed by atoms with Crippen LogP contribution in [-0.2, 0) is 17.6 Å². The third kappa shape index (κ3) is 8.32. The number of hydrogen-bond donors (Lipinski definition) is 1. The lowest BCUT2D eigenvalue weighted by atomic mass is 9.93. The molecule has 1 fully saturated rings. The summed E-state index contributed by atoms with van der Waals surface area (Å²) in [6.07, 6.45) is 5.54. The van der Waals surface area contributed by atoms with Gasteiger partial charge in [0.2, 0.25) is 5.91 Å². The second-order valence-electron chi connectivity index (χ2n) is 11.3. The molecule has 0 unspecified atom stereocenters. The van der Waals surface area contributed by atoms with Gasteiger partial charge in [-0.05, 0) is 90.3 Å². The predicted molar refractivity (Wildman–Crippen MR) is 176 cm³/mol. The van der Waals surface area contributed by atoms with E-state index in [4.69, 9.17) is 14.2 Å². The average Bonchev–Trinajstić information content (AvgIpc) is 3.48. The van der Waals surface area contributed by atoms with Crippen LogP contribution in [0.2, 0.25) is 0 Å². The molecule has 2 aliphatic rings. The summed E-state index contributed by atoms with van der Waals surface area (Å²) in [4.78, 5) is 15.8. The van der Waals surface area contributed by atoms with Gasteiger partial charge < -0.3 is 19.5 Å². The van der Waals surface area contributed by atoms with Crippen LogP contribution < -0.4 is 19.5 Å². The SMILES string of the molecule is CC.CCCCCOc1ccc([C@H]2C[C@@H](c3ccc4c(c3)OCCO4)CN2CC(=O)Nc2c(CC)cc(F)cc2CC)cc1. The van der Waals surface area contributed by atoms with Crippen molar-refractivity contribution in [3.05, 3.63) is 82.7 Å². The van der Waals surface area contributed by atoms with Crippen LogP contribution in [0.25, 0.3) is 0 Å². The van der Waals surface area contributed by atoms with Crippen LogP contribution in [-0.4, -0.2) is 43.7 Å². The van der Waals surface area contributed by atoms with E-state index >= 15 is 0 Å². The zero-order chi connectivity index (χ0) is 31.5. The van der Waals surface area contributed by atoms with Crippen molar-refractivity contribution in [1.82, 2.24) is 4.90 Å². The Bertz CT molecular complexity index is 1340. The smallest absolute Gasteiger partial charge is 0.238 e. The number of carbonyl (C=O) groups is 1. The van der Waals surface area contributed by atoms with E-state index in [1.54, 1.807) is 0 Å². The Labute approximate surface area is 262 Å². The molecule has 3 aromatic rings. The van der Waals surface area contributed by atoms with Crippen molar-refractivity contribution in [2.24, 2.45) is 0 Å². The number of ether oxygens (including phenoxy) is 3. The first kappa shape index (κ1) is 33.3. The molecule has 7 heteroatoms. The summed E-state index contributed by atoms with van der Waals surface area (Å²) in [6, 6.07) is 17.6. The molecule has 6 nitrogen and oxygen atoms in total. The van der Waals surface area contributed by atoms with Gasteiger partial charge in [-0.25, -0.2) is 4.39 Å². The Kier molecular flexibility index (Phi) is 12.5. The van der Waals surface area contributed by atoms with Crippen molar-refractivity contribution in [2.45, 2.75) is 85.1 Å². The van der Waals surface area contributed by atoms with Gasteiger partial charge in [-0.1, -0.05) is 65.7 Å². The molecule has 0 spiro atoms. The van der Waals surface area contributed by atoms with Crippen LogP contribution in [0, 0.1) is 5.82 Å². The van der Waals surface area contributed by atoms with Crippen molar-refractivity contribution in [2.75, 3.05) is 38.2 Å². The molecule has 2 aliphatic heterocycles. The number of nitrogens with one attached hydrogen (secondary N) is 1. The first-order valence-electron chi connectivity index (χ1n) is 16.5. The molecule has 5 rings (SSSR count). The largest absolute Gasteiger partial charge is 0.494 e. The van der Waals surface area contributed by atoms with Gasteiger partial charge in [-0.3, -0.25) is 9.69 Å². The van der Waals surface area contributed by atoms with Crippen LogP contribution in [0.4, 0.5) is 10.1 Å². The number of likely N-dealkylation sites (tertiary alicyclic amines) is 1. The lowest BCUT2D eigenvalue weighted by Gasteiger charge is -2.25. The fourth-order valence-corrected chi connectivity index (χ4v) is 6.12. The number of nitrogens with zero attached hydrogens (tertiary/aromatic N) is 1. The van der Waals surface area contributed by atoms with E-state index in [9.17, 15) is 9.18 Å². The molecule has 0 aliphatic carbocycles. The van der Waals surface area contributed by atoms with Gasteiger partial charge >= 0.3 is 0 Å². The predicted octanol–water partition coefficient (Wildman–Crippen LogP) is 8.49. The van der Waals surface area contributed by atoms with E-state index in [1.165, 1.54) is 24.1 Å². The first-order valence-corrected chi connectivity index (χ1v) is 16.5. The number of unbranched alkanes of at least 4 members (excludes halogenated alkanes) is 2. The highest BCUT2D eigenvalue weighted by atomic mass is 19.1. The fourth-order valence-electron chi connectivity index (χ4n) is 6.12. The zero-order valence-electron chi connectivity index (χ0n) is 27.1. The average molecular weight is 605 g/mol. The quantitative estimate of drug-likeness (QED) is 0.210. The molecule has 3 aromatic carbocycles. The van der Waals surface area contributed by atoms with Gasteiger partial charge in [0.15, 0.2) is 11.5 Å². The molecule has 1 amide bonds. The lowest BCUT2D eigenvalue weighted by molar-refractivity contribution is -0.117. The van der Waals surface area contributed by atoms with E-state index in [0.717, 1.165) is 72.0 Å². The molecule has 0 saturated carbocycles. The summed E-state index contributed by atoms with van der Waals surface area (Å²) in [7, 11) is 0. The number of benzene rings is 3. The van der Waals surface area contributed by atoms with Crippen LogP contribution in [0.15, 0.2) is 54.6 Å². The summed E-state index contributed by atoms with van der Waals surface area (Å²) in [5, 5.41) is 3.14. The number of rotatable bonds is 12. The molecule has 1 N–H and O–H groups in total. The number of fused-ring (bicyclic) bond motifs is 1. The number of halogens is 1. The van der Waals surface area contributed by atoms with E-state index in [-0.39, 0.29) is 30.2 Å². The van der Waals surface area contributed by atoms with Gasteiger partial charge in [0, 0.05) is 18.3 Å². The third-order valence-electron chi connectivity index (χ3n) is 8.36. The molecule has 238 valence electrons. The second-order valence-corrected chi connectivity index (χ2v) is 11.3. The van der Waals surface area contributed by atoms with Crippen molar-refractivity contribution in [1.29, 1.82) is 0 Å². The minimum atomic E-state index is -0.263. The molecule has 1 saturated heterocycles. The number of anilines is 1. The Balaban J connectivity index is 0.00000216. The van der Waals surface area contributed by atoms with Gasteiger partial charge in [0.25, 0.3) is 0 Å². The number of aryl methyl sites for hydroxylation is 2. The van der Waals surface area contributed by atoms with Crippen LogP contribution in [0.5, 0.6) is 17.2 Å². The minimum Gasteiger partial charge on any atom is -0.494 e. The summed E-state index contributed by atoms with van der Waals surface area (Å²) in [6.45, 7) is 13.0. The highest BCUT2D eigenvalue weighted by Gasteiger charge is 2.35. The number of hydrogen-bond acceptors (Lipinski definition) is 5. The molecular weight excluding hydrogens is 555 g/mol. The summed E-state index contributed by atoms with van der Waals surface area (Å²) >= 11 is 0. The van der Waals surface area contributed by atoms with E-state index < -0.39 is 0 Å². The Morgan fingerprint density at radius 2 is 1.57 bits per heavy atom. The van der Waals surface area contributed by atoms with Crippen molar-refractivity contribution < 1.29 is 23.4 Å². The Morgan fingerprint density at radius 1 is 0.909 bits per heavy atom. The van der Waals surface area contributed by atoms with Crippen molar-refractivity contribution in [3.8, 4) is 17.2 Å². The summed E-state index contributed by atoms with van der Waals surface area (Å²) in [5.41, 5.74) is 4.73. The normalized spacial score (nSPS) is 17.5. The van der Waals surface area contributed by atoms with Gasteiger partial charge in [-0.2, -0.15) is 0 Å². The molecule has 0 aromatic heterocycles. The molecule has 0 radical (unpaired) electrons. The standard InChI is InChI=1S/C35H43FN2O4.C2H6/c1-4-7-8-15-40-30-12-9-26(10-13-30)31-20-28(27-11-14-32-33(21-27)42-17-16-41-32)22-38(31)23-34(39)37-35-24(5-2)18-29(36)19-25(35)6-3;1-2/h9-14,18-19,21,28,31H,4-8,15-17,20,22-23H2,1-3H3,(H,37,39);1-2H3/t28-,31-;/m1./s1. The van der Waals surface area contributed by atoms with E-state index in [1.807, 2.05) is 45.9 Å². The molecule has 2 heterocycles. The second kappa shape index (κ2) is 16.5. The Hall–Kier alpha value is -3.58. The first-order chi connectivity index (χ1) is 21.5. The molecular formula is C37H49FN2O4. The maximum absolute atomic E-state index is 14.2.